The number of hydrogen-bond acceptors (Lipinski definition) is 5. The van der Waals surface area contributed by atoms with E-state index in [-0.39, 0.29) is 5.91 Å². The zero-order valence-electron chi connectivity index (χ0n) is 9.73. The number of nitrogens with zero attached hydrogens (tertiary/aromatic N) is 1. The Balaban J connectivity index is 2.80. The number of rotatable bonds is 4. The van der Waals surface area contributed by atoms with Gasteiger partial charge in [0.25, 0.3) is 0 Å². The molecule has 1 aliphatic heterocycles. The molecule has 17 heavy (non-hydrogen) atoms. The van der Waals surface area contributed by atoms with Crippen LogP contribution in [-0.2, 0) is 14.2 Å². The molecule has 7 nitrogen and oxygen atoms in total. The van der Waals surface area contributed by atoms with Crippen molar-refractivity contribution >= 4 is 20.3 Å². The van der Waals surface area contributed by atoms with E-state index in [4.69, 9.17) is 11.6 Å². The molecule has 0 radical (unpaired) electrons. The molecule has 0 aromatic carbocycles. The highest BCUT2D eigenvalue weighted by molar-refractivity contribution is 7.27. The fourth-order valence-corrected chi connectivity index (χ4v) is 2.37. The van der Waals surface area contributed by atoms with E-state index in [0.717, 1.165) is 5.01 Å². The van der Waals surface area contributed by atoms with Crippen LogP contribution in [0.15, 0.2) is 0 Å². The number of hydrogen-bond donors (Lipinski definition) is 3. The lowest BCUT2D eigenvalue weighted by Gasteiger charge is -2.35. The van der Waals surface area contributed by atoms with E-state index >= 15 is 0 Å². The molecule has 96 valence electrons. The van der Waals surface area contributed by atoms with Gasteiger partial charge in [-0.05, 0) is 12.8 Å². The topological polar surface area (TPSA) is 119 Å². The van der Waals surface area contributed by atoms with Crippen molar-refractivity contribution < 1.29 is 14.2 Å². The van der Waals surface area contributed by atoms with Gasteiger partial charge in [0.1, 0.15) is 6.04 Å². The Morgan fingerprint density at radius 3 is 2.88 bits per heavy atom. The van der Waals surface area contributed by atoms with Crippen LogP contribution in [0.25, 0.3) is 0 Å². The lowest BCUT2D eigenvalue weighted by atomic mass is 9.99. The van der Waals surface area contributed by atoms with Crippen LogP contribution in [0.5, 0.6) is 0 Å². The monoisotopic (exact) mass is 261 g/mol. The summed E-state index contributed by atoms with van der Waals surface area (Å²) in [7, 11) is -1.05. The summed E-state index contributed by atoms with van der Waals surface area (Å²) in [4.78, 5) is 23.2. The lowest BCUT2D eigenvalue weighted by Crippen LogP contribution is -2.68. The molecule has 3 atom stereocenters. The number of hydrazine groups is 1. The molecule has 2 amide bonds. The van der Waals surface area contributed by atoms with Crippen molar-refractivity contribution in [3.05, 3.63) is 0 Å². The van der Waals surface area contributed by atoms with E-state index in [9.17, 15) is 14.2 Å². The zero-order chi connectivity index (χ0) is 13.1. The molecule has 8 heteroatoms. The largest absolute Gasteiger partial charge is 0.359 e. The minimum Gasteiger partial charge on any atom is -0.346 e. The number of amides is 2. The highest BCUT2D eigenvalue weighted by Gasteiger charge is 2.55. The number of carbonyl (C=O) groups is 2. The van der Waals surface area contributed by atoms with Crippen LogP contribution >= 0.6 is 8.46 Å². The average molecular weight is 261 g/mol. The molecule has 1 heterocycles. The maximum Gasteiger partial charge on any atom is 0.359 e. The number of carbonyl (C=O) groups excluding carboxylic acids is 2. The Hall–Kier alpha value is -1.04. The first kappa shape index (κ1) is 14.0. The van der Waals surface area contributed by atoms with Gasteiger partial charge in [0.15, 0.2) is 0 Å². The second-order valence-electron chi connectivity index (χ2n) is 4.13. The van der Waals surface area contributed by atoms with Crippen LogP contribution in [-0.4, -0.2) is 34.7 Å². The molecule has 0 aromatic heterocycles. The lowest BCUT2D eigenvalue weighted by molar-refractivity contribution is -0.138. The molecule has 1 fully saturated rings. The summed E-state index contributed by atoms with van der Waals surface area (Å²) in [6.45, 7) is 2.16. The predicted octanol–water partition coefficient (Wildman–Crippen LogP) is -0.944. The highest BCUT2D eigenvalue weighted by Crippen LogP contribution is 2.28. The maximum absolute atomic E-state index is 11.8. The van der Waals surface area contributed by atoms with E-state index in [1.54, 1.807) is 0 Å². The molecule has 0 spiro atoms. The Morgan fingerprint density at radius 1 is 1.71 bits per heavy atom. The molecule has 1 aliphatic rings. The van der Waals surface area contributed by atoms with E-state index in [2.05, 4.69) is 5.32 Å². The summed E-state index contributed by atoms with van der Waals surface area (Å²) < 4.78 is 11.2. The molecule has 0 bridgehead atoms. The molecule has 0 aliphatic carbocycles. The van der Waals surface area contributed by atoms with Crippen LogP contribution < -0.4 is 16.9 Å². The minimum absolute atomic E-state index is 0.191. The smallest absolute Gasteiger partial charge is 0.346 e. The summed E-state index contributed by atoms with van der Waals surface area (Å²) in [5.74, 6) is 4.65. The van der Waals surface area contributed by atoms with Gasteiger partial charge < -0.3 is 5.32 Å². The first-order valence-corrected chi connectivity index (χ1v) is 6.40. The molecule has 0 saturated carbocycles. The molecule has 5 N–H and O–H groups in total. The summed E-state index contributed by atoms with van der Waals surface area (Å²) in [6, 6.07) is -0.621. The Morgan fingerprint density at radius 2 is 2.35 bits per heavy atom. The van der Waals surface area contributed by atoms with Gasteiger partial charge in [0.2, 0.25) is 5.91 Å². The maximum atomic E-state index is 11.8. The van der Waals surface area contributed by atoms with Gasteiger partial charge in [-0.2, -0.15) is 0 Å². The molecular weight excluding hydrogens is 243 g/mol. The normalized spacial score (nSPS) is 29.5. The number of nitrogens with two attached hydrogens (primary N) is 2. The number of piperidine rings is 1. The standard InChI is InChI=1S/C9H17N4O3P/c1-2-3-7(14)12-6-4-5-13(11)8(15)9(6,10)17-16/h6H,2-5,10-11H2,1H3,(H,12,14)/p+1/t6?,9-/m0/s1. The van der Waals surface area contributed by atoms with Crippen LogP contribution in [0.1, 0.15) is 26.2 Å². The summed E-state index contributed by atoms with van der Waals surface area (Å²) >= 11 is 0. The third-order valence-electron chi connectivity index (χ3n) is 2.80. The van der Waals surface area contributed by atoms with Crippen molar-refractivity contribution in [2.75, 3.05) is 6.54 Å². The molecule has 1 rings (SSSR count). The quantitative estimate of drug-likeness (QED) is 0.343. The molecule has 2 unspecified atom stereocenters. The molecule has 1 saturated heterocycles. The first-order chi connectivity index (χ1) is 7.95. The van der Waals surface area contributed by atoms with Gasteiger partial charge in [-0.1, -0.05) is 11.5 Å². The van der Waals surface area contributed by atoms with Crippen molar-refractivity contribution in [3.63, 3.8) is 0 Å². The van der Waals surface area contributed by atoms with Crippen molar-refractivity contribution in [1.82, 2.24) is 10.3 Å². The van der Waals surface area contributed by atoms with E-state index in [1.165, 1.54) is 0 Å². The Labute approximate surface area is 101 Å². The summed E-state index contributed by atoms with van der Waals surface area (Å²) in [5, 5.41) is 2.00. The first-order valence-electron chi connectivity index (χ1n) is 5.50. The van der Waals surface area contributed by atoms with Crippen molar-refractivity contribution in [2.24, 2.45) is 11.6 Å². The highest BCUT2D eigenvalue weighted by atomic mass is 31.1. The van der Waals surface area contributed by atoms with Crippen LogP contribution in [0.4, 0.5) is 0 Å². The van der Waals surface area contributed by atoms with Crippen LogP contribution in [0, 0.1) is 0 Å². The van der Waals surface area contributed by atoms with Gasteiger partial charge in [-0.3, -0.25) is 20.3 Å². The fraction of sp³-hybridized carbons (Fsp3) is 0.778. The second kappa shape index (κ2) is 5.53. The van der Waals surface area contributed by atoms with Gasteiger partial charge in [-0.15, -0.1) is 0 Å². The number of nitrogens with one attached hydrogen (secondary N) is 1. The van der Waals surface area contributed by atoms with Crippen molar-refractivity contribution in [3.8, 4) is 0 Å². The Bertz CT molecular complexity index is 338. The van der Waals surface area contributed by atoms with E-state index in [1.807, 2.05) is 6.92 Å². The van der Waals surface area contributed by atoms with Gasteiger partial charge in [0, 0.05) is 13.0 Å². The van der Waals surface area contributed by atoms with Crippen LogP contribution in [0.2, 0.25) is 0 Å². The average Bonchev–Trinajstić information content (AvgIpc) is 2.30. The fourth-order valence-electron chi connectivity index (χ4n) is 1.78. The van der Waals surface area contributed by atoms with Crippen molar-refractivity contribution in [1.29, 1.82) is 0 Å². The predicted molar refractivity (Wildman–Crippen MR) is 63.3 cm³/mol. The summed E-state index contributed by atoms with van der Waals surface area (Å²) in [6.07, 6.45) is 1.46. The third kappa shape index (κ3) is 2.80. The van der Waals surface area contributed by atoms with Gasteiger partial charge in [0.05, 0.1) is 0 Å². The summed E-state index contributed by atoms with van der Waals surface area (Å²) in [5.41, 5.74) is 5.79. The second-order valence-corrected chi connectivity index (χ2v) is 5.16. The van der Waals surface area contributed by atoms with E-state index < -0.39 is 25.7 Å². The minimum atomic E-state index is -1.60. The van der Waals surface area contributed by atoms with E-state index in [0.29, 0.717) is 25.8 Å². The van der Waals surface area contributed by atoms with Crippen molar-refractivity contribution in [2.45, 2.75) is 37.5 Å². The van der Waals surface area contributed by atoms with Gasteiger partial charge in [-0.25, -0.2) is 5.84 Å². The third-order valence-corrected chi connectivity index (χ3v) is 3.70. The Kier molecular flexibility index (Phi) is 4.56. The molecular formula is C9H18N4O3P+. The zero-order valence-corrected chi connectivity index (χ0v) is 10.7. The SMILES string of the molecule is CCCC(=O)NC1CCN(N)C(=O)[C@@]1(N)[PH+]=O. The van der Waals surface area contributed by atoms with Crippen LogP contribution in [0.3, 0.4) is 0 Å². The van der Waals surface area contributed by atoms with Gasteiger partial charge >= 0.3 is 19.6 Å². The molecule has 0 aromatic rings.